The molecule has 5 rings (SSSR count). The van der Waals surface area contributed by atoms with Crippen LogP contribution in [-0.4, -0.2) is 19.7 Å². The summed E-state index contributed by atoms with van der Waals surface area (Å²) in [6, 6.07) is 16.7. The number of hydrogen-bond donors (Lipinski definition) is 1. The molecule has 3 aromatic heterocycles. The summed E-state index contributed by atoms with van der Waals surface area (Å²) in [5.41, 5.74) is 6.55. The first-order chi connectivity index (χ1) is 16.1. The molecule has 2 aromatic carbocycles. The van der Waals surface area contributed by atoms with E-state index in [1.807, 2.05) is 67.3 Å². The number of nitrogens with one attached hydrogen (secondary N) is 1. The molecule has 0 aliphatic carbocycles. The molecule has 0 aliphatic heterocycles. The van der Waals surface area contributed by atoms with Crippen molar-refractivity contribution in [2.45, 2.75) is 26.9 Å². The minimum Gasteiger partial charge on any atom is -0.316 e. The van der Waals surface area contributed by atoms with Crippen molar-refractivity contribution in [1.82, 2.24) is 19.7 Å². The predicted octanol–water partition coefficient (Wildman–Crippen LogP) is 5.65. The smallest absolute Gasteiger partial charge is 0.316 e. The number of rotatable bonds is 3. The van der Waals surface area contributed by atoms with Gasteiger partial charge >= 0.3 is 6.18 Å². The Hall–Kier alpha value is -3.94. The number of aryl methyl sites for hydroxylation is 4. The van der Waals surface area contributed by atoms with E-state index >= 15 is 0 Å². The third kappa shape index (κ3) is 3.75. The number of hydrogen-bond acceptors (Lipinski definition) is 2. The third-order valence-electron chi connectivity index (χ3n) is 5.89. The molecule has 1 N–H and O–H groups in total. The standard InChI is InChI=1S/C26H22F3N5/c1-15-9-16(2)25(17(3)10-15)18-11-19(20-13-23(32-31-20)26(27,28)29)30-24(12-18)34-14-33(4)21-7-5-6-8-22(21)34/h5-13H,1-4H3,(H,31,32). The molecule has 5 aromatic rings. The molecular formula is C26H22F3N5. The Kier molecular flexibility index (Phi) is 5.04. The number of imidazole rings is 1. The van der Waals surface area contributed by atoms with E-state index in [0.717, 1.165) is 44.9 Å². The van der Waals surface area contributed by atoms with Crippen LogP contribution in [0.3, 0.4) is 0 Å². The van der Waals surface area contributed by atoms with Gasteiger partial charge in [0, 0.05) is 0 Å². The van der Waals surface area contributed by atoms with Gasteiger partial charge in [0.1, 0.15) is 17.2 Å². The first-order valence-electron chi connectivity index (χ1n) is 10.7. The van der Waals surface area contributed by atoms with E-state index in [1.54, 1.807) is 6.07 Å². The lowest BCUT2D eigenvalue weighted by molar-refractivity contribution is -0.649. The molecule has 0 atom stereocenters. The van der Waals surface area contributed by atoms with Crippen LogP contribution in [0.15, 0.2) is 54.6 Å². The molecule has 0 aliphatic rings. The molecule has 0 spiro atoms. The van der Waals surface area contributed by atoms with Gasteiger partial charge in [-0.3, -0.25) is 10.1 Å². The number of nitrogens with zero attached hydrogens (tertiary/aromatic N) is 4. The number of pyridine rings is 1. The maximum Gasteiger partial charge on any atom is 0.432 e. The molecule has 0 amide bonds. The van der Waals surface area contributed by atoms with Crippen molar-refractivity contribution >= 4 is 11.0 Å². The van der Waals surface area contributed by atoms with E-state index in [4.69, 9.17) is 4.98 Å². The van der Waals surface area contributed by atoms with Crippen LogP contribution in [0.1, 0.15) is 22.4 Å². The van der Waals surface area contributed by atoms with Crippen LogP contribution in [0.5, 0.6) is 0 Å². The van der Waals surface area contributed by atoms with Crippen molar-refractivity contribution in [2.75, 3.05) is 0 Å². The maximum atomic E-state index is 13.2. The lowest BCUT2D eigenvalue weighted by atomic mass is 9.93. The minimum atomic E-state index is -4.52. The Morgan fingerprint density at radius 1 is 0.941 bits per heavy atom. The fraction of sp³-hybridized carbons (Fsp3) is 0.192. The Balaban J connectivity index is 1.78. The first-order valence-corrected chi connectivity index (χ1v) is 10.7. The summed E-state index contributed by atoms with van der Waals surface area (Å²) in [6.45, 7) is 6.10. The molecule has 34 heavy (non-hydrogen) atoms. The molecule has 3 heterocycles. The van der Waals surface area contributed by atoms with Crippen LogP contribution in [-0.2, 0) is 13.2 Å². The second-order valence-corrected chi connectivity index (χ2v) is 8.52. The SMILES string of the molecule is Cc1cc(C)c(-c2cc(-c3cc(C(F)(F)F)[nH]n3)nc(-n3[c-][n+](C)c4ccccc43)c2)c(C)c1. The van der Waals surface area contributed by atoms with E-state index in [1.165, 1.54) is 0 Å². The van der Waals surface area contributed by atoms with Crippen LogP contribution in [0.25, 0.3) is 39.4 Å². The van der Waals surface area contributed by atoms with Crippen molar-refractivity contribution in [3.8, 4) is 28.3 Å². The number of H-pyrrole nitrogens is 1. The van der Waals surface area contributed by atoms with Crippen LogP contribution >= 0.6 is 0 Å². The van der Waals surface area contributed by atoms with Crippen LogP contribution in [0.2, 0.25) is 0 Å². The number of alkyl halides is 3. The summed E-state index contributed by atoms with van der Waals surface area (Å²) in [6.07, 6.45) is -1.26. The highest BCUT2D eigenvalue weighted by Crippen LogP contribution is 2.34. The normalized spacial score (nSPS) is 12.0. The van der Waals surface area contributed by atoms with Crippen LogP contribution in [0, 0.1) is 27.1 Å². The van der Waals surface area contributed by atoms with Gasteiger partial charge in [-0.05, 0) is 61.2 Å². The number of aromatic amines is 1. The summed E-state index contributed by atoms with van der Waals surface area (Å²) in [7, 11) is 1.89. The molecule has 0 fully saturated rings. The topological polar surface area (TPSA) is 50.4 Å². The summed E-state index contributed by atoms with van der Waals surface area (Å²) in [5, 5.41) is 6.01. The quantitative estimate of drug-likeness (QED) is 0.279. The van der Waals surface area contributed by atoms with Crippen molar-refractivity contribution < 1.29 is 17.7 Å². The van der Waals surface area contributed by atoms with Crippen molar-refractivity contribution in [3.63, 3.8) is 0 Å². The highest BCUT2D eigenvalue weighted by molar-refractivity contribution is 5.78. The molecule has 0 bridgehead atoms. The molecule has 0 saturated carbocycles. The molecule has 5 nitrogen and oxygen atoms in total. The van der Waals surface area contributed by atoms with Gasteiger partial charge in [0.2, 0.25) is 6.33 Å². The average molecular weight is 461 g/mol. The summed E-state index contributed by atoms with van der Waals surface area (Å²) >= 11 is 0. The van der Waals surface area contributed by atoms with Crippen molar-refractivity contribution in [2.24, 2.45) is 7.05 Å². The molecular weight excluding hydrogens is 439 g/mol. The van der Waals surface area contributed by atoms with E-state index in [-0.39, 0.29) is 5.69 Å². The molecule has 0 saturated heterocycles. The summed E-state index contributed by atoms with van der Waals surface area (Å²) in [4.78, 5) is 4.70. The Morgan fingerprint density at radius 3 is 2.32 bits per heavy atom. The van der Waals surface area contributed by atoms with Crippen LogP contribution in [0.4, 0.5) is 13.2 Å². The second kappa shape index (κ2) is 7.83. The highest BCUT2D eigenvalue weighted by Gasteiger charge is 2.33. The van der Waals surface area contributed by atoms with Crippen molar-refractivity contribution in [1.29, 1.82) is 0 Å². The van der Waals surface area contributed by atoms with E-state index < -0.39 is 11.9 Å². The zero-order valence-electron chi connectivity index (χ0n) is 19.1. The second-order valence-electron chi connectivity index (χ2n) is 8.52. The average Bonchev–Trinajstić information content (AvgIpc) is 3.39. The predicted molar refractivity (Wildman–Crippen MR) is 123 cm³/mol. The number of halogens is 3. The van der Waals surface area contributed by atoms with E-state index in [0.29, 0.717) is 11.5 Å². The fourth-order valence-electron chi connectivity index (χ4n) is 4.51. The van der Waals surface area contributed by atoms with Crippen LogP contribution < -0.4 is 4.57 Å². The minimum absolute atomic E-state index is 0.124. The largest absolute Gasteiger partial charge is 0.432 e. The van der Waals surface area contributed by atoms with Gasteiger partial charge in [0.15, 0.2) is 0 Å². The maximum absolute atomic E-state index is 13.2. The Morgan fingerprint density at radius 2 is 1.65 bits per heavy atom. The number of aromatic nitrogens is 5. The third-order valence-corrected chi connectivity index (χ3v) is 5.89. The lowest BCUT2D eigenvalue weighted by Gasteiger charge is -2.15. The van der Waals surface area contributed by atoms with Gasteiger partial charge in [-0.2, -0.15) is 18.3 Å². The van der Waals surface area contributed by atoms with Crippen molar-refractivity contribution in [3.05, 3.63) is 83.3 Å². The summed E-state index contributed by atoms with van der Waals surface area (Å²) in [5.74, 6) is 0.542. The zero-order valence-corrected chi connectivity index (χ0v) is 19.1. The van der Waals surface area contributed by atoms with Gasteiger partial charge in [-0.25, -0.2) is 0 Å². The number of para-hydroxylation sites is 2. The molecule has 0 unspecified atom stereocenters. The lowest BCUT2D eigenvalue weighted by Crippen LogP contribution is -2.26. The van der Waals surface area contributed by atoms with Gasteiger partial charge in [0.05, 0.1) is 23.8 Å². The van der Waals surface area contributed by atoms with Gasteiger partial charge < -0.3 is 9.13 Å². The van der Waals surface area contributed by atoms with E-state index in [9.17, 15) is 13.2 Å². The van der Waals surface area contributed by atoms with Gasteiger partial charge in [-0.15, -0.1) is 0 Å². The van der Waals surface area contributed by atoms with Gasteiger partial charge in [0.25, 0.3) is 0 Å². The zero-order chi connectivity index (χ0) is 24.2. The first kappa shape index (κ1) is 21.9. The van der Waals surface area contributed by atoms with Gasteiger partial charge in [-0.1, -0.05) is 42.0 Å². The molecule has 172 valence electrons. The Bertz CT molecular complexity index is 1520. The highest BCUT2D eigenvalue weighted by atomic mass is 19.4. The number of fused-ring (bicyclic) bond motifs is 1. The monoisotopic (exact) mass is 461 g/mol. The fourth-order valence-corrected chi connectivity index (χ4v) is 4.51. The van der Waals surface area contributed by atoms with E-state index in [2.05, 4.69) is 28.7 Å². The molecule has 0 radical (unpaired) electrons. The Labute approximate surface area is 194 Å². The number of benzene rings is 2. The summed E-state index contributed by atoms with van der Waals surface area (Å²) < 4.78 is 43.3. The molecule has 8 heteroatoms.